The quantitative estimate of drug-likeness (QED) is 0.495. The normalized spacial score (nSPS) is 18.8. The molecule has 0 aromatic carbocycles. The molecule has 4 heteroatoms. The molecule has 1 aliphatic heterocycles. The van der Waals surface area contributed by atoms with E-state index in [0.717, 1.165) is 18.4 Å². The minimum Gasteiger partial charge on any atom is -0.424 e. The molecule has 1 aliphatic rings. The number of hydrogen-bond acceptors (Lipinski definition) is 3. The first-order valence-electron chi connectivity index (χ1n) is 3.42. The summed E-state index contributed by atoms with van der Waals surface area (Å²) in [6.07, 6.45) is 1.66. The second-order valence-corrected chi connectivity index (χ2v) is 2.35. The van der Waals surface area contributed by atoms with Crippen molar-refractivity contribution in [3.8, 4) is 0 Å². The largest absolute Gasteiger partial charge is 0.480 e. The van der Waals surface area contributed by atoms with Crippen LogP contribution in [0.5, 0.6) is 0 Å². The van der Waals surface area contributed by atoms with Crippen molar-refractivity contribution in [3.05, 3.63) is 11.5 Å². The zero-order chi connectivity index (χ0) is 7.40. The maximum absolute atomic E-state index is 8.54. The molecule has 0 saturated carbocycles. The van der Waals surface area contributed by atoms with Gasteiger partial charge in [0.15, 0.2) is 0 Å². The zero-order valence-electron chi connectivity index (χ0n) is 5.79. The van der Waals surface area contributed by atoms with Crippen LogP contribution in [-0.4, -0.2) is 30.4 Å². The standard InChI is InChI=1S/C6H11BO3/c8-7(9)5-6-1-3-10-4-2-6/h5,8-9H,1-4H2. The van der Waals surface area contributed by atoms with Crippen molar-refractivity contribution in [1.82, 2.24) is 0 Å². The molecule has 0 bridgehead atoms. The molecule has 56 valence electrons. The molecule has 10 heavy (non-hydrogen) atoms. The molecule has 0 unspecified atom stereocenters. The SMILES string of the molecule is OB(O)C=C1CCOCC1. The van der Waals surface area contributed by atoms with Crippen LogP contribution in [0.15, 0.2) is 11.5 Å². The molecular weight excluding hydrogens is 131 g/mol. The molecule has 0 radical (unpaired) electrons. The summed E-state index contributed by atoms with van der Waals surface area (Å²) < 4.78 is 5.08. The van der Waals surface area contributed by atoms with Crippen molar-refractivity contribution in [1.29, 1.82) is 0 Å². The summed E-state index contributed by atoms with van der Waals surface area (Å²) in [5.74, 6) is 1.47. The van der Waals surface area contributed by atoms with Gasteiger partial charge in [-0.3, -0.25) is 0 Å². The van der Waals surface area contributed by atoms with Gasteiger partial charge in [-0.15, -0.1) is 0 Å². The van der Waals surface area contributed by atoms with Gasteiger partial charge in [-0.1, -0.05) is 11.5 Å². The maximum Gasteiger partial charge on any atom is 0.480 e. The lowest BCUT2D eigenvalue weighted by atomic mass is 9.86. The van der Waals surface area contributed by atoms with Crippen LogP contribution in [-0.2, 0) is 4.74 Å². The Morgan fingerprint density at radius 2 is 1.90 bits per heavy atom. The van der Waals surface area contributed by atoms with Crippen LogP contribution in [0, 0.1) is 0 Å². The smallest absolute Gasteiger partial charge is 0.424 e. The average Bonchev–Trinajstić information content (AvgIpc) is 1.88. The van der Waals surface area contributed by atoms with E-state index in [-0.39, 0.29) is 0 Å². The van der Waals surface area contributed by atoms with E-state index in [2.05, 4.69) is 0 Å². The summed E-state index contributed by atoms with van der Waals surface area (Å²) in [6, 6.07) is 0. The lowest BCUT2D eigenvalue weighted by molar-refractivity contribution is 0.119. The minimum atomic E-state index is -1.30. The Kier molecular flexibility index (Phi) is 2.93. The monoisotopic (exact) mass is 142 g/mol. The average molecular weight is 142 g/mol. The van der Waals surface area contributed by atoms with Crippen LogP contribution in [0.2, 0.25) is 0 Å². The topological polar surface area (TPSA) is 49.7 Å². The molecule has 0 aromatic rings. The Morgan fingerprint density at radius 1 is 1.30 bits per heavy atom. The molecule has 2 N–H and O–H groups in total. The van der Waals surface area contributed by atoms with E-state index < -0.39 is 7.12 Å². The van der Waals surface area contributed by atoms with Crippen molar-refractivity contribution in [3.63, 3.8) is 0 Å². The van der Waals surface area contributed by atoms with Gasteiger partial charge in [-0.25, -0.2) is 0 Å². The molecule has 0 aliphatic carbocycles. The zero-order valence-corrected chi connectivity index (χ0v) is 5.79. The third-order valence-electron chi connectivity index (χ3n) is 1.52. The van der Waals surface area contributed by atoms with E-state index >= 15 is 0 Å². The Bertz CT molecular complexity index is 125. The van der Waals surface area contributed by atoms with Gasteiger partial charge in [0.2, 0.25) is 0 Å². The van der Waals surface area contributed by atoms with Crippen LogP contribution in [0.4, 0.5) is 0 Å². The van der Waals surface area contributed by atoms with Crippen molar-refractivity contribution in [2.45, 2.75) is 12.8 Å². The fourth-order valence-corrected chi connectivity index (χ4v) is 1.01. The highest BCUT2D eigenvalue weighted by molar-refractivity contribution is 6.47. The van der Waals surface area contributed by atoms with E-state index in [9.17, 15) is 0 Å². The van der Waals surface area contributed by atoms with Crippen molar-refractivity contribution >= 4 is 7.12 Å². The highest BCUT2D eigenvalue weighted by Gasteiger charge is 2.08. The molecule has 1 rings (SSSR count). The van der Waals surface area contributed by atoms with E-state index in [1.165, 1.54) is 5.98 Å². The van der Waals surface area contributed by atoms with Gasteiger partial charge in [-0.2, -0.15) is 0 Å². The fraction of sp³-hybridized carbons (Fsp3) is 0.667. The molecule has 0 amide bonds. The van der Waals surface area contributed by atoms with Gasteiger partial charge in [-0.05, 0) is 12.8 Å². The number of ether oxygens (including phenoxy) is 1. The van der Waals surface area contributed by atoms with Gasteiger partial charge in [0.1, 0.15) is 0 Å². The first-order chi connectivity index (χ1) is 4.79. The summed E-state index contributed by atoms with van der Waals surface area (Å²) >= 11 is 0. The highest BCUT2D eigenvalue weighted by atomic mass is 16.5. The van der Waals surface area contributed by atoms with Crippen LogP contribution >= 0.6 is 0 Å². The third-order valence-corrected chi connectivity index (χ3v) is 1.52. The molecule has 0 aromatic heterocycles. The minimum absolute atomic E-state index is 0.707. The van der Waals surface area contributed by atoms with E-state index in [1.807, 2.05) is 0 Å². The van der Waals surface area contributed by atoms with Crippen LogP contribution in [0.1, 0.15) is 12.8 Å². The molecule has 0 atom stereocenters. The van der Waals surface area contributed by atoms with Crippen LogP contribution in [0.25, 0.3) is 0 Å². The Morgan fingerprint density at radius 3 is 2.40 bits per heavy atom. The van der Waals surface area contributed by atoms with E-state index in [0.29, 0.717) is 13.2 Å². The molecule has 1 heterocycles. The summed E-state index contributed by atoms with van der Waals surface area (Å²) in [6.45, 7) is 1.41. The van der Waals surface area contributed by atoms with Crippen molar-refractivity contribution in [2.75, 3.05) is 13.2 Å². The van der Waals surface area contributed by atoms with E-state index in [1.54, 1.807) is 0 Å². The number of rotatable bonds is 1. The van der Waals surface area contributed by atoms with Crippen LogP contribution < -0.4 is 0 Å². The summed E-state index contributed by atoms with van der Waals surface area (Å²) in [7, 11) is -1.30. The van der Waals surface area contributed by atoms with Gasteiger partial charge < -0.3 is 14.8 Å². The number of hydrogen-bond donors (Lipinski definition) is 2. The first kappa shape index (κ1) is 7.79. The first-order valence-corrected chi connectivity index (χ1v) is 3.42. The summed E-state index contributed by atoms with van der Waals surface area (Å²) in [4.78, 5) is 0. The molecular formula is C6H11BO3. The second kappa shape index (κ2) is 3.76. The molecule has 3 nitrogen and oxygen atoms in total. The van der Waals surface area contributed by atoms with Crippen molar-refractivity contribution < 1.29 is 14.8 Å². The van der Waals surface area contributed by atoms with Gasteiger partial charge in [0.25, 0.3) is 0 Å². The van der Waals surface area contributed by atoms with Gasteiger partial charge in [0, 0.05) is 0 Å². The summed E-state index contributed by atoms with van der Waals surface area (Å²) in [5, 5.41) is 17.1. The highest BCUT2D eigenvalue weighted by Crippen LogP contribution is 2.12. The maximum atomic E-state index is 8.54. The fourth-order valence-electron chi connectivity index (χ4n) is 1.01. The summed E-state index contributed by atoms with van der Waals surface area (Å²) in [5.41, 5.74) is 1.08. The second-order valence-electron chi connectivity index (χ2n) is 2.35. The Balaban J connectivity index is 2.37. The van der Waals surface area contributed by atoms with E-state index in [4.69, 9.17) is 14.8 Å². The Labute approximate surface area is 60.5 Å². The van der Waals surface area contributed by atoms with Crippen LogP contribution in [0.3, 0.4) is 0 Å². The van der Waals surface area contributed by atoms with Gasteiger partial charge >= 0.3 is 7.12 Å². The Hall–Kier alpha value is -0.315. The molecule has 0 spiro atoms. The molecule has 1 saturated heterocycles. The molecule has 1 fully saturated rings. The predicted octanol–water partition coefficient (Wildman–Crippen LogP) is -0.265. The van der Waals surface area contributed by atoms with Crippen molar-refractivity contribution in [2.24, 2.45) is 0 Å². The third kappa shape index (κ3) is 2.52. The lowest BCUT2D eigenvalue weighted by Crippen LogP contribution is -2.13. The lowest BCUT2D eigenvalue weighted by Gasteiger charge is -2.14. The van der Waals surface area contributed by atoms with Gasteiger partial charge in [0.05, 0.1) is 13.2 Å². The predicted molar refractivity (Wildman–Crippen MR) is 38.3 cm³/mol.